The van der Waals surface area contributed by atoms with E-state index in [1.807, 2.05) is 0 Å². The Balaban J connectivity index is 1.41. The van der Waals surface area contributed by atoms with Crippen LogP contribution in [0.1, 0.15) is 48.7 Å². The monoisotopic (exact) mass is 395 g/mol. The average molecular weight is 395 g/mol. The van der Waals surface area contributed by atoms with Crippen LogP contribution in [-0.4, -0.2) is 32.4 Å². The third-order valence-corrected chi connectivity index (χ3v) is 5.19. The van der Waals surface area contributed by atoms with Gasteiger partial charge in [0.15, 0.2) is 0 Å². The highest BCUT2D eigenvalue weighted by Gasteiger charge is 2.33. The molecule has 0 saturated heterocycles. The van der Waals surface area contributed by atoms with Gasteiger partial charge in [-0.1, -0.05) is 0 Å². The molecule has 0 bridgehead atoms. The van der Waals surface area contributed by atoms with Gasteiger partial charge in [0.2, 0.25) is 5.95 Å². The summed E-state index contributed by atoms with van der Waals surface area (Å²) in [7, 11) is 0. The van der Waals surface area contributed by atoms with E-state index in [0.29, 0.717) is 45.3 Å². The van der Waals surface area contributed by atoms with Crippen molar-refractivity contribution in [2.75, 3.05) is 11.9 Å². The number of halogens is 3. The molecule has 0 amide bonds. The van der Waals surface area contributed by atoms with E-state index < -0.39 is 11.9 Å². The van der Waals surface area contributed by atoms with Gasteiger partial charge in [0.25, 0.3) is 5.56 Å². The SMILES string of the molecule is O=c1cc2c(nn1C1CCC(Nc3nccc(C(F)(F)F)n3)CC1)CCOC2. The Bertz CT molecular complexity index is 907. The first kappa shape index (κ1) is 18.9. The molecule has 0 radical (unpaired) electrons. The Labute approximate surface area is 159 Å². The van der Waals surface area contributed by atoms with Gasteiger partial charge in [-0.2, -0.15) is 18.3 Å². The largest absolute Gasteiger partial charge is 0.433 e. The van der Waals surface area contributed by atoms with Gasteiger partial charge >= 0.3 is 6.18 Å². The first-order chi connectivity index (χ1) is 13.4. The summed E-state index contributed by atoms with van der Waals surface area (Å²) in [6.07, 6.45) is 0.0969. The van der Waals surface area contributed by atoms with Crippen LogP contribution in [0.25, 0.3) is 0 Å². The summed E-state index contributed by atoms with van der Waals surface area (Å²) in [4.78, 5) is 19.8. The third kappa shape index (κ3) is 4.01. The van der Waals surface area contributed by atoms with Crippen LogP contribution in [0.2, 0.25) is 0 Å². The molecule has 0 spiro atoms. The number of nitrogens with zero attached hydrogens (tertiary/aromatic N) is 4. The van der Waals surface area contributed by atoms with E-state index in [9.17, 15) is 18.0 Å². The van der Waals surface area contributed by atoms with Gasteiger partial charge in [0, 0.05) is 30.3 Å². The minimum atomic E-state index is -4.50. The highest BCUT2D eigenvalue weighted by Crippen LogP contribution is 2.30. The van der Waals surface area contributed by atoms with E-state index >= 15 is 0 Å². The summed E-state index contributed by atoms with van der Waals surface area (Å²) >= 11 is 0. The first-order valence-electron chi connectivity index (χ1n) is 9.26. The first-order valence-corrected chi connectivity index (χ1v) is 9.26. The van der Waals surface area contributed by atoms with Gasteiger partial charge in [-0.25, -0.2) is 14.6 Å². The predicted molar refractivity (Wildman–Crippen MR) is 93.8 cm³/mol. The van der Waals surface area contributed by atoms with Crippen molar-refractivity contribution in [1.29, 1.82) is 0 Å². The standard InChI is InChI=1S/C18H20F3N5O2/c19-18(20,21)15-5-7-22-17(24-15)23-12-1-3-13(4-2-12)26-16(27)9-11-10-28-8-6-14(11)25-26/h5,7,9,12-13H,1-4,6,8,10H2,(H,22,23,24). The van der Waals surface area contributed by atoms with Crippen molar-refractivity contribution in [2.24, 2.45) is 0 Å². The summed E-state index contributed by atoms with van der Waals surface area (Å²) in [5.41, 5.74) is 0.655. The van der Waals surface area contributed by atoms with Crippen LogP contribution >= 0.6 is 0 Å². The molecule has 1 aliphatic heterocycles. The molecular weight excluding hydrogens is 375 g/mol. The van der Waals surface area contributed by atoms with Gasteiger partial charge < -0.3 is 10.1 Å². The molecular formula is C18H20F3N5O2. The van der Waals surface area contributed by atoms with Crippen LogP contribution in [0.5, 0.6) is 0 Å². The molecule has 4 rings (SSSR count). The fourth-order valence-electron chi connectivity index (χ4n) is 3.72. The molecule has 1 fully saturated rings. The molecule has 150 valence electrons. The quantitative estimate of drug-likeness (QED) is 0.861. The van der Waals surface area contributed by atoms with Crippen molar-refractivity contribution in [3.63, 3.8) is 0 Å². The van der Waals surface area contributed by atoms with Crippen molar-refractivity contribution in [3.05, 3.63) is 45.6 Å². The molecule has 2 aliphatic rings. The smallest absolute Gasteiger partial charge is 0.376 e. The average Bonchev–Trinajstić information content (AvgIpc) is 2.68. The lowest BCUT2D eigenvalue weighted by Gasteiger charge is -2.30. The summed E-state index contributed by atoms with van der Waals surface area (Å²) in [6, 6.07) is 2.39. The predicted octanol–water partition coefficient (Wildman–Crippen LogP) is 2.72. The minimum absolute atomic E-state index is 0.0128. The van der Waals surface area contributed by atoms with Crippen molar-refractivity contribution in [2.45, 2.75) is 57.0 Å². The van der Waals surface area contributed by atoms with Gasteiger partial charge in [0.05, 0.1) is 24.9 Å². The maximum Gasteiger partial charge on any atom is 0.433 e. The van der Waals surface area contributed by atoms with Crippen LogP contribution in [-0.2, 0) is 23.9 Å². The molecule has 0 atom stereocenters. The van der Waals surface area contributed by atoms with Crippen LogP contribution in [0.15, 0.2) is 23.1 Å². The van der Waals surface area contributed by atoms with E-state index in [2.05, 4.69) is 20.4 Å². The molecule has 1 saturated carbocycles. The zero-order valence-electron chi connectivity index (χ0n) is 15.1. The lowest BCUT2D eigenvalue weighted by molar-refractivity contribution is -0.141. The Kier molecular flexibility index (Phi) is 5.05. The third-order valence-electron chi connectivity index (χ3n) is 5.19. The zero-order chi connectivity index (χ0) is 19.7. The molecule has 2 aromatic rings. The topological polar surface area (TPSA) is 81.9 Å². The van der Waals surface area contributed by atoms with E-state index in [-0.39, 0.29) is 23.6 Å². The van der Waals surface area contributed by atoms with Crippen molar-refractivity contribution in [3.8, 4) is 0 Å². The summed E-state index contributed by atoms with van der Waals surface area (Å²) in [5, 5.41) is 7.52. The summed E-state index contributed by atoms with van der Waals surface area (Å²) in [6.45, 7) is 1.03. The van der Waals surface area contributed by atoms with E-state index in [4.69, 9.17) is 4.74 Å². The van der Waals surface area contributed by atoms with Gasteiger partial charge in [-0.3, -0.25) is 4.79 Å². The number of fused-ring (bicyclic) bond motifs is 1. The van der Waals surface area contributed by atoms with Gasteiger partial charge in [-0.05, 0) is 31.7 Å². The number of anilines is 1. The molecule has 0 aromatic carbocycles. The highest BCUT2D eigenvalue weighted by atomic mass is 19.4. The van der Waals surface area contributed by atoms with E-state index in [0.717, 1.165) is 23.5 Å². The minimum Gasteiger partial charge on any atom is -0.376 e. The van der Waals surface area contributed by atoms with Crippen LogP contribution in [0.3, 0.4) is 0 Å². The molecule has 2 aromatic heterocycles. The zero-order valence-corrected chi connectivity index (χ0v) is 15.1. The Morgan fingerprint density at radius 1 is 1.21 bits per heavy atom. The van der Waals surface area contributed by atoms with E-state index in [1.165, 1.54) is 0 Å². The fourth-order valence-corrected chi connectivity index (χ4v) is 3.72. The number of alkyl halides is 3. The number of hydrogen-bond donors (Lipinski definition) is 1. The van der Waals surface area contributed by atoms with Crippen molar-refractivity contribution in [1.82, 2.24) is 19.7 Å². The Morgan fingerprint density at radius 2 is 2.00 bits per heavy atom. The maximum absolute atomic E-state index is 12.8. The van der Waals surface area contributed by atoms with Crippen molar-refractivity contribution >= 4 is 5.95 Å². The number of rotatable bonds is 3. The second-order valence-electron chi connectivity index (χ2n) is 7.11. The number of hydrogen-bond acceptors (Lipinski definition) is 6. The van der Waals surface area contributed by atoms with Crippen molar-refractivity contribution < 1.29 is 17.9 Å². The van der Waals surface area contributed by atoms with Crippen LogP contribution in [0, 0.1) is 0 Å². The second-order valence-corrected chi connectivity index (χ2v) is 7.11. The van der Waals surface area contributed by atoms with Crippen LogP contribution in [0.4, 0.5) is 19.1 Å². The van der Waals surface area contributed by atoms with Gasteiger partial charge in [-0.15, -0.1) is 0 Å². The summed E-state index contributed by atoms with van der Waals surface area (Å²) in [5.74, 6) is -0.0256. The lowest BCUT2D eigenvalue weighted by atomic mass is 9.91. The Morgan fingerprint density at radius 3 is 2.75 bits per heavy atom. The number of aromatic nitrogens is 4. The van der Waals surface area contributed by atoms with Crippen LogP contribution < -0.4 is 10.9 Å². The molecule has 28 heavy (non-hydrogen) atoms. The maximum atomic E-state index is 12.8. The molecule has 3 heterocycles. The lowest BCUT2D eigenvalue weighted by Crippen LogP contribution is -2.35. The second kappa shape index (κ2) is 7.50. The number of nitrogens with one attached hydrogen (secondary N) is 1. The fraction of sp³-hybridized carbons (Fsp3) is 0.556. The van der Waals surface area contributed by atoms with E-state index in [1.54, 1.807) is 10.7 Å². The Hall–Kier alpha value is -2.49. The number of ether oxygens (including phenoxy) is 1. The van der Waals surface area contributed by atoms with Gasteiger partial charge in [0.1, 0.15) is 5.69 Å². The normalized spacial score (nSPS) is 22.5. The summed E-state index contributed by atoms with van der Waals surface area (Å²) < 4.78 is 45.2. The molecule has 0 unspecified atom stereocenters. The molecule has 1 aliphatic carbocycles. The molecule has 7 nitrogen and oxygen atoms in total. The molecule has 10 heteroatoms. The molecule has 1 N–H and O–H groups in total. The highest BCUT2D eigenvalue weighted by molar-refractivity contribution is 5.28.